The molecule has 0 aliphatic carbocycles. The second-order valence-corrected chi connectivity index (χ2v) is 16.2. The Bertz CT molecular complexity index is 832. The van der Waals surface area contributed by atoms with Crippen molar-refractivity contribution in [1.82, 2.24) is 4.31 Å². The number of halogens is 4. The maximum Gasteiger partial charge on any atom is 0.573 e. The minimum absolute atomic E-state index is 0.0381. The third kappa shape index (κ3) is 6.19. The van der Waals surface area contributed by atoms with Gasteiger partial charge in [0.25, 0.3) is 0 Å². The fourth-order valence-electron chi connectivity index (χ4n) is 2.82. The number of piperidine rings is 1. The average molecular weight is 518 g/mol. The van der Waals surface area contributed by atoms with Crippen LogP contribution in [0.3, 0.4) is 0 Å². The van der Waals surface area contributed by atoms with Gasteiger partial charge in [-0.15, -0.1) is 13.2 Å². The van der Waals surface area contributed by atoms with Crippen molar-refractivity contribution in [2.24, 2.45) is 0 Å². The van der Waals surface area contributed by atoms with Crippen molar-refractivity contribution >= 4 is 34.3 Å². The molecule has 1 fully saturated rings. The number of hydrogen-bond acceptors (Lipinski definition) is 4. The van der Waals surface area contributed by atoms with E-state index in [4.69, 9.17) is 4.43 Å². The Hall–Kier alpha value is -0.623. The Kier molecular flexibility index (Phi) is 7.21. The highest BCUT2D eigenvalue weighted by Gasteiger charge is 2.41. The highest BCUT2D eigenvalue weighted by atomic mass is 79.9. The number of alkyl halides is 3. The lowest BCUT2D eigenvalue weighted by atomic mass is 10.1. The van der Waals surface area contributed by atoms with Gasteiger partial charge in [0.2, 0.25) is 10.0 Å². The lowest BCUT2D eigenvalue weighted by Crippen LogP contribution is -2.48. The third-order valence-corrected chi connectivity index (χ3v) is 12.4. The molecule has 1 saturated heterocycles. The second kappa shape index (κ2) is 8.49. The van der Waals surface area contributed by atoms with Crippen molar-refractivity contribution in [1.29, 1.82) is 0 Å². The molecule has 166 valence electrons. The van der Waals surface area contributed by atoms with Crippen LogP contribution < -0.4 is 4.74 Å². The van der Waals surface area contributed by atoms with Crippen LogP contribution in [0.15, 0.2) is 27.6 Å². The molecule has 0 unspecified atom stereocenters. The largest absolute Gasteiger partial charge is 0.573 e. The topological polar surface area (TPSA) is 55.8 Å². The Morgan fingerprint density at radius 1 is 1.14 bits per heavy atom. The van der Waals surface area contributed by atoms with Crippen LogP contribution in [0.5, 0.6) is 5.75 Å². The number of sulfonamides is 1. The predicted molar refractivity (Wildman–Crippen MR) is 111 cm³/mol. The van der Waals surface area contributed by atoms with Gasteiger partial charge in [-0.2, -0.15) is 4.31 Å². The molecular weight excluding hydrogens is 491 g/mol. The maximum absolute atomic E-state index is 13.0. The molecule has 1 aromatic rings. The minimum Gasteiger partial charge on any atom is -0.414 e. The maximum atomic E-state index is 13.0. The van der Waals surface area contributed by atoms with Crippen molar-refractivity contribution in [3.63, 3.8) is 0 Å². The molecule has 0 atom stereocenters. The monoisotopic (exact) mass is 517 g/mol. The first-order chi connectivity index (χ1) is 13.0. The summed E-state index contributed by atoms with van der Waals surface area (Å²) in [6.45, 7) is 11.0. The van der Waals surface area contributed by atoms with Crippen LogP contribution in [0, 0.1) is 0 Å². The number of benzene rings is 1. The summed E-state index contributed by atoms with van der Waals surface area (Å²) in [6, 6.07) is 3.44. The molecule has 0 bridgehead atoms. The van der Waals surface area contributed by atoms with E-state index in [9.17, 15) is 21.6 Å². The fraction of sp³-hybridized carbons (Fsp3) is 0.667. The summed E-state index contributed by atoms with van der Waals surface area (Å²) in [5.41, 5.74) is 0. The van der Waals surface area contributed by atoms with Gasteiger partial charge in [0.1, 0.15) is 10.6 Å². The molecule has 0 spiro atoms. The normalized spacial score (nSPS) is 18.1. The highest BCUT2D eigenvalue weighted by Crippen LogP contribution is 2.39. The van der Waals surface area contributed by atoms with Crippen LogP contribution in [0.1, 0.15) is 33.6 Å². The van der Waals surface area contributed by atoms with Crippen molar-refractivity contribution in [2.45, 2.75) is 69.1 Å². The van der Waals surface area contributed by atoms with E-state index < -0.39 is 35.3 Å². The number of nitrogens with zero attached hydrogens (tertiary/aromatic N) is 1. The SMILES string of the molecule is CC(C)(C)[Si](C)(C)OC1CCN(S(=O)(=O)c2cc(Br)ccc2OC(F)(F)F)CC1. The molecule has 2 rings (SSSR count). The third-order valence-electron chi connectivity index (χ3n) is 5.42. The summed E-state index contributed by atoms with van der Waals surface area (Å²) in [5, 5.41) is 0.0381. The van der Waals surface area contributed by atoms with Gasteiger partial charge in [0.05, 0.1) is 0 Å². The van der Waals surface area contributed by atoms with Crippen LogP contribution in [0.2, 0.25) is 18.1 Å². The molecule has 29 heavy (non-hydrogen) atoms. The van der Waals surface area contributed by atoms with Gasteiger partial charge in [-0.25, -0.2) is 8.42 Å². The Morgan fingerprint density at radius 3 is 2.17 bits per heavy atom. The number of rotatable bonds is 5. The van der Waals surface area contributed by atoms with Crippen LogP contribution >= 0.6 is 15.9 Å². The quantitative estimate of drug-likeness (QED) is 0.482. The molecular formula is C18H27BrF3NO4SSi. The van der Waals surface area contributed by atoms with E-state index in [1.807, 2.05) is 0 Å². The van der Waals surface area contributed by atoms with Crippen molar-refractivity contribution < 1.29 is 30.8 Å². The standard InChI is InChI=1S/C18H27BrF3NO4SSi/c1-17(2,3)29(4,5)27-14-8-10-23(11-9-14)28(24,25)16-12-13(19)6-7-15(16)26-18(20,21)22/h6-7,12,14H,8-11H2,1-5H3. The zero-order valence-corrected chi connectivity index (χ0v) is 20.5. The van der Waals surface area contributed by atoms with E-state index in [-0.39, 0.29) is 24.2 Å². The summed E-state index contributed by atoms with van der Waals surface area (Å²) in [6.07, 6.45) is -4.05. The molecule has 11 heteroatoms. The van der Waals surface area contributed by atoms with Crippen LogP contribution in [-0.4, -0.2) is 46.6 Å². The molecule has 1 aliphatic heterocycles. The Labute approximate surface area is 179 Å². The van der Waals surface area contributed by atoms with Crippen LogP contribution in [0.25, 0.3) is 0 Å². The van der Waals surface area contributed by atoms with E-state index >= 15 is 0 Å². The molecule has 1 aliphatic rings. The zero-order valence-electron chi connectivity index (χ0n) is 17.1. The predicted octanol–water partition coefficient (Wildman–Crippen LogP) is 5.52. The molecule has 1 aromatic carbocycles. The van der Waals surface area contributed by atoms with E-state index in [0.717, 1.165) is 12.1 Å². The van der Waals surface area contributed by atoms with Gasteiger partial charge < -0.3 is 9.16 Å². The summed E-state index contributed by atoms with van der Waals surface area (Å²) in [7, 11) is -6.14. The fourth-order valence-corrected chi connectivity index (χ4v) is 6.36. The first-order valence-electron chi connectivity index (χ1n) is 9.26. The molecule has 0 N–H and O–H groups in total. The minimum atomic E-state index is -4.98. The van der Waals surface area contributed by atoms with Crippen molar-refractivity contribution in [3.8, 4) is 5.75 Å². The molecule has 1 heterocycles. The average Bonchev–Trinajstić information content (AvgIpc) is 2.54. The lowest BCUT2D eigenvalue weighted by molar-refractivity contribution is -0.275. The number of hydrogen-bond donors (Lipinski definition) is 0. The van der Waals surface area contributed by atoms with Crippen molar-refractivity contribution in [2.75, 3.05) is 13.1 Å². The molecule has 0 aromatic heterocycles. The summed E-state index contributed by atoms with van der Waals surface area (Å²) in [5.74, 6) is -0.736. The lowest BCUT2D eigenvalue weighted by Gasteiger charge is -2.41. The first kappa shape index (κ1) is 24.6. The summed E-state index contributed by atoms with van der Waals surface area (Å²) in [4.78, 5) is -0.507. The Morgan fingerprint density at radius 2 is 1.69 bits per heavy atom. The van der Waals surface area contributed by atoms with Crippen molar-refractivity contribution in [3.05, 3.63) is 22.7 Å². The van der Waals surface area contributed by atoms with Crippen LogP contribution in [-0.2, 0) is 14.4 Å². The molecule has 5 nitrogen and oxygen atoms in total. The first-order valence-corrected chi connectivity index (χ1v) is 14.4. The zero-order chi connectivity index (χ0) is 22.3. The van der Waals surface area contributed by atoms with Gasteiger partial charge in [-0.1, -0.05) is 36.7 Å². The number of ether oxygens (including phenoxy) is 1. The molecule has 0 radical (unpaired) electrons. The highest BCUT2D eigenvalue weighted by molar-refractivity contribution is 9.10. The molecule has 0 saturated carbocycles. The smallest absolute Gasteiger partial charge is 0.414 e. The summed E-state index contributed by atoms with van der Waals surface area (Å²) >= 11 is 3.12. The van der Waals surface area contributed by atoms with Gasteiger partial charge in [0.15, 0.2) is 8.32 Å². The van der Waals surface area contributed by atoms with E-state index in [0.29, 0.717) is 17.3 Å². The van der Waals surface area contributed by atoms with E-state index in [1.54, 1.807) is 0 Å². The van der Waals surface area contributed by atoms with Gasteiger partial charge in [-0.3, -0.25) is 0 Å². The van der Waals surface area contributed by atoms with Gasteiger partial charge in [-0.05, 0) is 49.2 Å². The summed E-state index contributed by atoms with van der Waals surface area (Å²) < 4.78 is 76.0. The van der Waals surface area contributed by atoms with Gasteiger partial charge in [0, 0.05) is 23.7 Å². The molecule has 0 amide bonds. The van der Waals surface area contributed by atoms with Crippen LogP contribution in [0.4, 0.5) is 13.2 Å². The van der Waals surface area contributed by atoms with E-state index in [1.165, 1.54) is 10.4 Å². The van der Waals surface area contributed by atoms with Gasteiger partial charge >= 0.3 is 6.36 Å². The Balaban J connectivity index is 2.18. The van der Waals surface area contributed by atoms with E-state index in [2.05, 4.69) is 54.5 Å². The second-order valence-electron chi connectivity index (χ2n) is 8.62.